The van der Waals surface area contributed by atoms with Gasteiger partial charge in [0.1, 0.15) is 5.75 Å². The fourth-order valence-corrected chi connectivity index (χ4v) is 3.81. The molecule has 6 nitrogen and oxygen atoms in total. The normalized spacial score (nSPS) is 17.0. The Kier molecular flexibility index (Phi) is 4.64. The van der Waals surface area contributed by atoms with Gasteiger partial charge >= 0.3 is 0 Å². The predicted octanol–water partition coefficient (Wildman–Crippen LogP) is 2.68. The molecule has 0 aliphatic carbocycles. The van der Waals surface area contributed by atoms with E-state index in [0.717, 1.165) is 5.56 Å². The van der Waals surface area contributed by atoms with Crippen molar-refractivity contribution in [3.63, 3.8) is 0 Å². The van der Waals surface area contributed by atoms with E-state index in [1.165, 1.54) is 25.3 Å². The molecule has 0 fully saturated rings. The molecule has 0 aromatic heterocycles. The fraction of sp³-hybridized carbons (Fsp3) is 0.294. The molecule has 24 heavy (non-hydrogen) atoms. The average molecular weight is 348 g/mol. The van der Waals surface area contributed by atoms with Crippen LogP contribution in [0.15, 0.2) is 47.4 Å². The third-order valence-corrected chi connectivity index (χ3v) is 5.49. The minimum atomic E-state index is -3.62. The van der Waals surface area contributed by atoms with Gasteiger partial charge in [0.2, 0.25) is 15.8 Å². The molecule has 1 N–H and O–H groups in total. The summed E-state index contributed by atoms with van der Waals surface area (Å²) in [5.41, 5.74) is 0.756. The van der Waals surface area contributed by atoms with Gasteiger partial charge in [-0.05, 0) is 36.8 Å². The van der Waals surface area contributed by atoms with Gasteiger partial charge in [0.05, 0.1) is 18.6 Å². The van der Waals surface area contributed by atoms with Crippen LogP contribution in [0.4, 0.5) is 0 Å². The van der Waals surface area contributed by atoms with Crippen molar-refractivity contribution in [1.29, 1.82) is 0 Å². The lowest BCUT2D eigenvalue weighted by molar-refractivity contribution is 0.240. The monoisotopic (exact) mass is 348 g/mol. The first-order valence-corrected chi connectivity index (χ1v) is 9.06. The summed E-state index contributed by atoms with van der Waals surface area (Å²) in [6.45, 7) is 0.620. The van der Waals surface area contributed by atoms with Gasteiger partial charge in [0.15, 0.2) is 5.75 Å². The lowest BCUT2D eigenvalue weighted by Gasteiger charge is -2.26. The standard InChI is InChI=1S/C17H18NO5S/c1-22-13-5-7-14(8-6-13)24(20,21)18-11-12-9-10-23-17-15(12)3-2-4-16(17)19/h2-8,12,18H,9-11H2,1H3. The summed E-state index contributed by atoms with van der Waals surface area (Å²) in [6, 6.07) is 11.1. The molecule has 1 radical (unpaired) electrons. The van der Waals surface area contributed by atoms with Gasteiger partial charge in [-0.25, -0.2) is 13.1 Å². The van der Waals surface area contributed by atoms with Crippen LogP contribution in [0.3, 0.4) is 0 Å². The average Bonchev–Trinajstić information content (AvgIpc) is 2.60. The molecule has 7 heteroatoms. The molecule has 1 heterocycles. The van der Waals surface area contributed by atoms with Crippen LogP contribution in [0.25, 0.3) is 0 Å². The van der Waals surface area contributed by atoms with Crippen molar-refractivity contribution in [2.45, 2.75) is 17.2 Å². The molecule has 3 rings (SSSR count). The van der Waals surface area contributed by atoms with Crippen molar-refractivity contribution in [3.8, 4) is 17.2 Å². The van der Waals surface area contributed by atoms with E-state index < -0.39 is 10.0 Å². The summed E-state index contributed by atoms with van der Waals surface area (Å²) >= 11 is 0. The SMILES string of the molecule is COc1ccc(S(=O)(=O)NCC2CCOc3c([O])cccc32)cc1. The zero-order chi connectivity index (χ0) is 17.2. The van der Waals surface area contributed by atoms with Gasteiger partial charge in [0, 0.05) is 18.0 Å². The van der Waals surface area contributed by atoms with Gasteiger partial charge in [-0.2, -0.15) is 0 Å². The topological polar surface area (TPSA) is 84.5 Å². The molecule has 2 aromatic rings. The van der Waals surface area contributed by atoms with Gasteiger partial charge in [-0.15, -0.1) is 0 Å². The lowest BCUT2D eigenvalue weighted by Crippen LogP contribution is -2.30. The van der Waals surface area contributed by atoms with Crippen molar-refractivity contribution < 1.29 is 23.0 Å². The molecule has 1 atom stereocenters. The highest BCUT2D eigenvalue weighted by Crippen LogP contribution is 2.39. The quantitative estimate of drug-likeness (QED) is 0.900. The molecular weight excluding hydrogens is 330 g/mol. The first-order valence-electron chi connectivity index (χ1n) is 7.57. The lowest BCUT2D eigenvalue weighted by atomic mass is 9.93. The van der Waals surface area contributed by atoms with Crippen LogP contribution in [0.5, 0.6) is 17.2 Å². The zero-order valence-electron chi connectivity index (χ0n) is 13.2. The summed E-state index contributed by atoms with van der Waals surface area (Å²) in [5, 5.41) is 11.8. The number of hydrogen-bond acceptors (Lipinski definition) is 4. The molecule has 1 aliphatic heterocycles. The highest BCUT2D eigenvalue weighted by atomic mass is 32.2. The summed E-state index contributed by atoms with van der Waals surface area (Å²) in [4.78, 5) is 0.174. The number of hydrogen-bond donors (Lipinski definition) is 1. The highest BCUT2D eigenvalue weighted by molar-refractivity contribution is 7.89. The Balaban J connectivity index is 1.75. The molecular formula is C17H18NO5S. The van der Waals surface area contributed by atoms with E-state index in [1.807, 2.05) is 6.07 Å². The minimum absolute atomic E-state index is 0.0873. The van der Waals surface area contributed by atoms with E-state index >= 15 is 0 Å². The minimum Gasteiger partial charge on any atom is -0.497 e. The Morgan fingerprint density at radius 2 is 1.96 bits per heavy atom. The fourth-order valence-electron chi connectivity index (χ4n) is 2.73. The Hall–Kier alpha value is -2.25. The van der Waals surface area contributed by atoms with Crippen LogP contribution in [-0.2, 0) is 15.1 Å². The summed E-state index contributed by atoms with van der Waals surface area (Å²) in [5.74, 6) is 0.665. The largest absolute Gasteiger partial charge is 0.497 e. The number of sulfonamides is 1. The zero-order valence-corrected chi connectivity index (χ0v) is 14.0. The third-order valence-electron chi connectivity index (χ3n) is 4.05. The molecule has 127 valence electrons. The van der Waals surface area contributed by atoms with Crippen molar-refractivity contribution in [3.05, 3.63) is 48.0 Å². The first kappa shape index (κ1) is 16.6. The van der Waals surface area contributed by atoms with Gasteiger partial charge < -0.3 is 9.47 Å². The second-order valence-electron chi connectivity index (χ2n) is 5.54. The van der Waals surface area contributed by atoms with Crippen LogP contribution in [0.1, 0.15) is 17.9 Å². The van der Waals surface area contributed by atoms with Crippen LogP contribution < -0.4 is 14.2 Å². The number of fused-ring (bicyclic) bond motifs is 1. The van der Waals surface area contributed by atoms with Crippen molar-refractivity contribution in [2.75, 3.05) is 20.3 Å². The van der Waals surface area contributed by atoms with Crippen molar-refractivity contribution >= 4 is 10.0 Å². The van der Waals surface area contributed by atoms with Crippen LogP contribution in [0, 0.1) is 0 Å². The molecule has 0 spiro atoms. The van der Waals surface area contributed by atoms with E-state index in [9.17, 15) is 13.5 Å². The first-order chi connectivity index (χ1) is 11.5. The van der Waals surface area contributed by atoms with Gasteiger partial charge in [-0.3, -0.25) is 5.11 Å². The van der Waals surface area contributed by atoms with Gasteiger partial charge in [0.25, 0.3) is 0 Å². The predicted molar refractivity (Wildman–Crippen MR) is 87.6 cm³/mol. The number of benzene rings is 2. The van der Waals surface area contributed by atoms with Crippen LogP contribution >= 0.6 is 0 Å². The van der Waals surface area contributed by atoms with E-state index in [1.54, 1.807) is 18.2 Å². The molecule has 0 saturated carbocycles. The number of nitrogens with one attached hydrogen (secondary N) is 1. The van der Waals surface area contributed by atoms with Crippen molar-refractivity contribution in [2.24, 2.45) is 0 Å². The van der Waals surface area contributed by atoms with Crippen LogP contribution in [0.2, 0.25) is 0 Å². The number of rotatable bonds is 5. The van der Waals surface area contributed by atoms with Crippen molar-refractivity contribution in [1.82, 2.24) is 4.72 Å². The summed E-state index contributed by atoms with van der Waals surface area (Å²) in [6.07, 6.45) is 0.654. The van der Waals surface area contributed by atoms with E-state index in [2.05, 4.69) is 4.72 Å². The molecule has 0 bridgehead atoms. The second kappa shape index (κ2) is 6.70. The second-order valence-corrected chi connectivity index (χ2v) is 7.30. The van der Waals surface area contributed by atoms with E-state index in [4.69, 9.17) is 9.47 Å². The van der Waals surface area contributed by atoms with E-state index in [0.29, 0.717) is 24.5 Å². The van der Waals surface area contributed by atoms with E-state index in [-0.39, 0.29) is 23.1 Å². The summed E-state index contributed by atoms with van der Waals surface area (Å²) < 4.78 is 37.9. The molecule has 2 aromatic carbocycles. The van der Waals surface area contributed by atoms with Crippen LogP contribution in [-0.4, -0.2) is 28.7 Å². The number of methoxy groups -OCH3 is 1. The third kappa shape index (κ3) is 3.32. The molecule has 0 amide bonds. The molecule has 1 aliphatic rings. The number of para-hydroxylation sites is 1. The molecule has 1 unspecified atom stereocenters. The Bertz CT molecular complexity index is 817. The Labute approximate surface area is 141 Å². The Morgan fingerprint density at radius 1 is 1.21 bits per heavy atom. The van der Waals surface area contributed by atoms with Gasteiger partial charge in [-0.1, -0.05) is 12.1 Å². The highest BCUT2D eigenvalue weighted by Gasteiger charge is 2.26. The number of ether oxygens (including phenoxy) is 2. The molecule has 0 saturated heterocycles. The maximum atomic E-state index is 12.4. The maximum Gasteiger partial charge on any atom is 0.240 e. The Morgan fingerprint density at radius 3 is 2.67 bits per heavy atom. The summed E-state index contributed by atoms with van der Waals surface area (Å²) in [7, 11) is -2.10. The smallest absolute Gasteiger partial charge is 0.240 e. The maximum absolute atomic E-state index is 12.4.